The van der Waals surface area contributed by atoms with Crippen LogP contribution in [0.3, 0.4) is 0 Å². The third kappa shape index (κ3) is 6.80. The van der Waals surface area contributed by atoms with Gasteiger partial charge in [0, 0.05) is 31.8 Å². The van der Waals surface area contributed by atoms with Gasteiger partial charge in [0.25, 0.3) is 0 Å². The average molecular weight is 416 g/mol. The molecule has 7 heteroatoms. The molecule has 1 aliphatic rings. The predicted octanol–water partition coefficient (Wildman–Crippen LogP) is 3.00. The molecule has 1 amide bonds. The van der Waals surface area contributed by atoms with Gasteiger partial charge in [-0.1, -0.05) is 48.5 Å². The Morgan fingerprint density at radius 3 is 2.59 bits per heavy atom. The smallest absolute Gasteiger partial charge is 0.239 e. The van der Waals surface area contributed by atoms with Crippen LogP contribution < -0.4 is 10.6 Å². The molecule has 1 aliphatic heterocycles. The summed E-state index contributed by atoms with van der Waals surface area (Å²) >= 11 is 5.51. The fourth-order valence-electron chi connectivity index (χ4n) is 3.20. The quantitative estimate of drug-likeness (QED) is 0.650. The van der Waals surface area contributed by atoms with E-state index in [-0.39, 0.29) is 24.4 Å². The lowest BCUT2D eigenvalue weighted by Gasteiger charge is -2.26. The molecule has 0 bridgehead atoms. The number of nitrogens with zero attached hydrogens (tertiary/aromatic N) is 1. The van der Waals surface area contributed by atoms with E-state index in [4.69, 9.17) is 17.0 Å². The first-order chi connectivity index (χ1) is 14.1. The summed E-state index contributed by atoms with van der Waals surface area (Å²) in [6, 6.07) is 16.5. The van der Waals surface area contributed by atoms with Gasteiger partial charge in [-0.05, 0) is 36.7 Å². The number of ether oxygens (including phenoxy) is 1. The van der Waals surface area contributed by atoms with Crippen LogP contribution >= 0.6 is 12.2 Å². The van der Waals surface area contributed by atoms with Gasteiger partial charge in [0.15, 0.2) is 5.11 Å². The summed E-state index contributed by atoms with van der Waals surface area (Å²) in [5, 5.41) is 6.27. The van der Waals surface area contributed by atoms with Crippen LogP contribution in [0.4, 0.5) is 4.39 Å². The van der Waals surface area contributed by atoms with E-state index >= 15 is 0 Å². The fourth-order valence-corrected chi connectivity index (χ4v) is 3.40. The Labute approximate surface area is 176 Å². The Balaban J connectivity index is 1.57. The molecular formula is C22H26FN3O2S. The molecule has 29 heavy (non-hydrogen) atoms. The minimum absolute atomic E-state index is 0.0636. The van der Waals surface area contributed by atoms with Gasteiger partial charge in [0.1, 0.15) is 5.82 Å². The zero-order valence-corrected chi connectivity index (χ0v) is 17.1. The molecule has 2 aromatic carbocycles. The van der Waals surface area contributed by atoms with E-state index < -0.39 is 0 Å². The Bertz CT molecular complexity index is 813. The van der Waals surface area contributed by atoms with Crippen molar-refractivity contribution < 1.29 is 13.9 Å². The minimum atomic E-state index is -0.275. The van der Waals surface area contributed by atoms with E-state index in [2.05, 4.69) is 10.6 Å². The van der Waals surface area contributed by atoms with Crippen molar-refractivity contribution in [2.45, 2.75) is 32.0 Å². The predicted molar refractivity (Wildman–Crippen MR) is 115 cm³/mol. The third-order valence-electron chi connectivity index (χ3n) is 4.77. The van der Waals surface area contributed by atoms with Gasteiger partial charge in [-0.25, -0.2) is 4.39 Å². The number of carbonyl (C=O) groups excluding carboxylic acids is 1. The Kier molecular flexibility index (Phi) is 7.95. The average Bonchev–Trinajstić information content (AvgIpc) is 3.26. The van der Waals surface area contributed by atoms with Crippen LogP contribution in [0.5, 0.6) is 0 Å². The largest absolute Gasteiger partial charge is 0.376 e. The van der Waals surface area contributed by atoms with Crippen molar-refractivity contribution in [2.24, 2.45) is 0 Å². The number of nitrogens with one attached hydrogen (secondary N) is 2. The van der Waals surface area contributed by atoms with Crippen molar-refractivity contribution in [1.29, 1.82) is 0 Å². The second-order valence-electron chi connectivity index (χ2n) is 7.03. The number of hydrogen-bond donors (Lipinski definition) is 2. The third-order valence-corrected chi connectivity index (χ3v) is 5.18. The first kappa shape index (κ1) is 21.2. The Morgan fingerprint density at radius 1 is 1.10 bits per heavy atom. The number of benzene rings is 2. The Hall–Kier alpha value is -2.51. The molecular weight excluding hydrogens is 389 g/mol. The maximum absolute atomic E-state index is 14.1. The first-order valence-electron chi connectivity index (χ1n) is 9.80. The lowest BCUT2D eigenvalue weighted by atomic mass is 10.1. The number of halogens is 1. The molecule has 1 atom stereocenters. The summed E-state index contributed by atoms with van der Waals surface area (Å²) in [4.78, 5) is 14.0. The van der Waals surface area contributed by atoms with Gasteiger partial charge in [-0.15, -0.1) is 0 Å². The van der Waals surface area contributed by atoms with Crippen LogP contribution in [0.1, 0.15) is 24.0 Å². The maximum atomic E-state index is 14.1. The van der Waals surface area contributed by atoms with E-state index in [1.807, 2.05) is 35.2 Å². The molecule has 5 nitrogen and oxygen atoms in total. The van der Waals surface area contributed by atoms with Gasteiger partial charge < -0.3 is 20.3 Å². The molecule has 1 heterocycles. The highest BCUT2D eigenvalue weighted by atomic mass is 32.1. The SMILES string of the molecule is O=C(CNC(=S)N(Cc1ccccc1)Cc1ccccc1F)NC[C@@H]1CCCO1. The molecule has 2 N–H and O–H groups in total. The normalized spacial score (nSPS) is 15.7. The summed E-state index contributed by atoms with van der Waals surface area (Å²) in [5.74, 6) is -0.420. The molecule has 3 rings (SSSR count). The first-order valence-corrected chi connectivity index (χ1v) is 10.2. The standard InChI is InChI=1S/C22H26FN3O2S/c23-20-11-5-4-9-18(20)16-26(15-17-7-2-1-3-8-17)22(29)25-14-21(27)24-13-19-10-6-12-28-19/h1-5,7-9,11,19H,6,10,12-16H2,(H,24,27)(H,25,29)/t19-/m0/s1. The van der Waals surface area contributed by atoms with Gasteiger partial charge in [-0.2, -0.15) is 0 Å². The van der Waals surface area contributed by atoms with Gasteiger partial charge in [-0.3, -0.25) is 4.79 Å². The summed E-state index contributed by atoms with van der Waals surface area (Å²) in [6.45, 7) is 2.15. The summed E-state index contributed by atoms with van der Waals surface area (Å²) in [7, 11) is 0. The van der Waals surface area contributed by atoms with Crippen LogP contribution in [-0.2, 0) is 22.6 Å². The number of amides is 1. The van der Waals surface area contributed by atoms with Crippen LogP contribution in [0.25, 0.3) is 0 Å². The van der Waals surface area contributed by atoms with Crippen molar-refractivity contribution >= 4 is 23.2 Å². The molecule has 0 unspecified atom stereocenters. The molecule has 0 saturated carbocycles. The van der Waals surface area contributed by atoms with Crippen LogP contribution in [0.2, 0.25) is 0 Å². The lowest BCUT2D eigenvalue weighted by Crippen LogP contribution is -2.44. The number of thiocarbonyl (C=S) groups is 1. The highest BCUT2D eigenvalue weighted by Gasteiger charge is 2.17. The molecule has 2 aromatic rings. The molecule has 0 aliphatic carbocycles. The highest BCUT2D eigenvalue weighted by Crippen LogP contribution is 2.13. The summed E-state index contributed by atoms with van der Waals surface area (Å²) in [5.41, 5.74) is 1.60. The van der Waals surface area contributed by atoms with Crippen molar-refractivity contribution in [3.63, 3.8) is 0 Å². The zero-order chi connectivity index (χ0) is 20.5. The molecule has 154 valence electrons. The monoisotopic (exact) mass is 415 g/mol. The van der Waals surface area contributed by atoms with E-state index in [1.54, 1.807) is 18.2 Å². The van der Waals surface area contributed by atoms with E-state index in [0.717, 1.165) is 25.0 Å². The fraction of sp³-hybridized carbons (Fsp3) is 0.364. The van der Waals surface area contributed by atoms with Crippen molar-refractivity contribution in [3.05, 3.63) is 71.5 Å². The molecule has 1 saturated heterocycles. The van der Waals surface area contributed by atoms with Crippen LogP contribution in [0, 0.1) is 5.82 Å². The number of carbonyl (C=O) groups is 1. The van der Waals surface area contributed by atoms with E-state index in [0.29, 0.717) is 30.3 Å². The summed E-state index contributed by atoms with van der Waals surface area (Å²) in [6.07, 6.45) is 2.11. The number of hydrogen-bond acceptors (Lipinski definition) is 3. The van der Waals surface area contributed by atoms with Gasteiger partial charge in [0.2, 0.25) is 5.91 Å². The number of rotatable bonds is 8. The van der Waals surface area contributed by atoms with Crippen molar-refractivity contribution in [3.8, 4) is 0 Å². The van der Waals surface area contributed by atoms with Gasteiger partial charge in [0.05, 0.1) is 12.6 Å². The van der Waals surface area contributed by atoms with Crippen molar-refractivity contribution in [1.82, 2.24) is 15.5 Å². The zero-order valence-electron chi connectivity index (χ0n) is 16.3. The topological polar surface area (TPSA) is 53.6 Å². The maximum Gasteiger partial charge on any atom is 0.239 e. The second kappa shape index (κ2) is 10.9. The Morgan fingerprint density at radius 2 is 1.86 bits per heavy atom. The lowest BCUT2D eigenvalue weighted by molar-refractivity contribution is -0.120. The van der Waals surface area contributed by atoms with Crippen molar-refractivity contribution in [2.75, 3.05) is 19.7 Å². The summed E-state index contributed by atoms with van der Waals surface area (Å²) < 4.78 is 19.7. The molecule has 0 radical (unpaired) electrons. The van der Waals surface area contributed by atoms with E-state index in [1.165, 1.54) is 6.07 Å². The van der Waals surface area contributed by atoms with Crippen LogP contribution in [0.15, 0.2) is 54.6 Å². The van der Waals surface area contributed by atoms with Crippen LogP contribution in [-0.4, -0.2) is 41.7 Å². The highest BCUT2D eigenvalue weighted by molar-refractivity contribution is 7.80. The molecule has 0 spiro atoms. The second-order valence-corrected chi connectivity index (χ2v) is 7.42. The molecule has 1 fully saturated rings. The minimum Gasteiger partial charge on any atom is -0.376 e. The van der Waals surface area contributed by atoms with E-state index in [9.17, 15) is 9.18 Å². The van der Waals surface area contributed by atoms with Gasteiger partial charge >= 0.3 is 0 Å². The molecule has 0 aromatic heterocycles.